The van der Waals surface area contributed by atoms with E-state index in [0.717, 1.165) is 30.3 Å². The topological polar surface area (TPSA) is 44.1 Å². The summed E-state index contributed by atoms with van der Waals surface area (Å²) >= 11 is 3.31. The van der Waals surface area contributed by atoms with Crippen LogP contribution in [0.4, 0.5) is 0 Å². The van der Waals surface area contributed by atoms with Gasteiger partial charge in [0.15, 0.2) is 5.16 Å². The van der Waals surface area contributed by atoms with E-state index in [0.29, 0.717) is 5.75 Å². The van der Waals surface area contributed by atoms with E-state index in [1.165, 1.54) is 23.8 Å². The molecule has 108 valence electrons. The van der Waals surface area contributed by atoms with Gasteiger partial charge in [0, 0.05) is 24.7 Å². The Kier molecular flexibility index (Phi) is 6.26. The van der Waals surface area contributed by atoms with Gasteiger partial charge in [-0.25, -0.2) is 4.98 Å². The Labute approximate surface area is 127 Å². The first-order valence-electron chi connectivity index (χ1n) is 6.49. The molecule has 4 nitrogen and oxygen atoms in total. The number of imidazole rings is 1. The van der Waals surface area contributed by atoms with Crippen molar-refractivity contribution in [3.8, 4) is 0 Å². The molecule has 1 aliphatic rings. The summed E-state index contributed by atoms with van der Waals surface area (Å²) in [6.07, 6.45) is 12.5. The van der Waals surface area contributed by atoms with Crippen LogP contribution in [0.2, 0.25) is 0 Å². The molecular formula is C14H18N2O2S2. The number of thioether (sulfide) groups is 2. The molecule has 0 amide bonds. The zero-order valence-corrected chi connectivity index (χ0v) is 13.1. The Bertz CT molecular complexity index is 509. The molecular weight excluding hydrogens is 292 g/mol. The molecule has 0 saturated carbocycles. The van der Waals surface area contributed by atoms with Crippen LogP contribution in [0.5, 0.6) is 0 Å². The Morgan fingerprint density at radius 2 is 2.40 bits per heavy atom. The molecule has 0 aliphatic heterocycles. The highest BCUT2D eigenvalue weighted by molar-refractivity contribution is 8.03. The maximum Gasteiger partial charge on any atom is 0.316 e. The first kappa shape index (κ1) is 15.3. The summed E-state index contributed by atoms with van der Waals surface area (Å²) in [6, 6.07) is 0. The van der Waals surface area contributed by atoms with E-state index in [-0.39, 0.29) is 5.97 Å². The fourth-order valence-electron chi connectivity index (χ4n) is 1.76. The summed E-state index contributed by atoms with van der Waals surface area (Å²) in [5, 5.41) is 0.869. The van der Waals surface area contributed by atoms with Gasteiger partial charge in [-0.3, -0.25) is 4.79 Å². The molecule has 1 aliphatic carbocycles. The molecule has 0 fully saturated rings. The minimum atomic E-state index is -0.224. The Morgan fingerprint density at radius 3 is 3.15 bits per heavy atom. The average molecular weight is 310 g/mol. The number of ether oxygens (including phenoxy) is 1. The lowest BCUT2D eigenvalue weighted by molar-refractivity contribution is -0.137. The number of carbonyl (C=O) groups excluding carboxylic acids is 1. The molecule has 1 aromatic rings. The van der Waals surface area contributed by atoms with Gasteiger partial charge in [0.25, 0.3) is 0 Å². The smallest absolute Gasteiger partial charge is 0.316 e. The summed E-state index contributed by atoms with van der Waals surface area (Å²) in [7, 11) is 1.40. The van der Waals surface area contributed by atoms with Crippen molar-refractivity contribution in [3.63, 3.8) is 0 Å². The van der Waals surface area contributed by atoms with Crippen LogP contribution in [0.3, 0.4) is 0 Å². The number of carbonyl (C=O) groups is 1. The fraction of sp³-hybridized carbons (Fsp3) is 0.429. The molecule has 1 heterocycles. The van der Waals surface area contributed by atoms with Crippen LogP contribution in [0, 0.1) is 0 Å². The van der Waals surface area contributed by atoms with Gasteiger partial charge in [-0.2, -0.15) is 0 Å². The number of methoxy groups -OCH3 is 1. The molecule has 0 bridgehead atoms. The van der Waals surface area contributed by atoms with Crippen molar-refractivity contribution in [2.45, 2.75) is 24.5 Å². The van der Waals surface area contributed by atoms with Crippen molar-refractivity contribution in [1.29, 1.82) is 0 Å². The van der Waals surface area contributed by atoms with Crippen molar-refractivity contribution in [1.82, 2.24) is 9.55 Å². The minimum Gasteiger partial charge on any atom is -0.468 e. The highest BCUT2D eigenvalue weighted by Gasteiger charge is 2.08. The Hall–Kier alpha value is -1.14. The van der Waals surface area contributed by atoms with E-state index in [2.05, 4.69) is 32.5 Å². The Morgan fingerprint density at radius 1 is 1.50 bits per heavy atom. The number of esters is 1. The number of rotatable bonds is 7. The largest absolute Gasteiger partial charge is 0.468 e. The van der Waals surface area contributed by atoms with E-state index >= 15 is 0 Å². The molecule has 0 saturated heterocycles. The van der Waals surface area contributed by atoms with Gasteiger partial charge < -0.3 is 9.30 Å². The van der Waals surface area contributed by atoms with E-state index in [1.54, 1.807) is 6.20 Å². The third-order valence-corrected chi connectivity index (χ3v) is 4.90. The number of nitrogens with zero attached hydrogens (tertiary/aromatic N) is 2. The molecule has 20 heavy (non-hydrogen) atoms. The Balaban J connectivity index is 1.78. The molecule has 6 heteroatoms. The summed E-state index contributed by atoms with van der Waals surface area (Å²) in [5.41, 5.74) is 0. The van der Waals surface area contributed by atoms with Crippen molar-refractivity contribution in [2.24, 2.45) is 0 Å². The molecule has 0 atom stereocenters. The summed E-state index contributed by atoms with van der Waals surface area (Å²) in [4.78, 5) is 16.9. The summed E-state index contributed by atoms with van der Waals surface area (Å²) in [5.74, 6) is 1.09. The van der Waals surface area contributed by atoms with Gasteiger partial charge in [0.1, 0.15) is 0 Å². The lowest BCUT2D eigenvalue weighted by Crippen LogP contribution is -2.06. The third-order valence-electron chi connectivity index (χ3n) is 2.82. The van der Waals surface area contributed by atoms with E-state index in [1.807, 2.05) is 18.0 Å². The zero-order chi connectivity index (χ0) is 14.2. The van der Waals surface area contributed by atoms with Crippen LogP contribution in [0.15, 0.2) is 40.7 Å². The van der Waals surface area contributed by atoms with E-state index < -0.39 is 0 Å². The van der Waals surface area contributed by atoms with Crippen LogP contribution in [0.25, 0.3) is 0 Å². The second-order valence-electron chi connectivity index (χ2n) is 4.22. The number of hydrogen-bond donors (Lipinski definition) is 0. The monoisotopic (exact) mass is 310 g/mol. The minimum absolute atomic E-state index is 0.224. The standard InChI is InChI=1S/C14H18N2O2S2/c1-18-13(17)11-20-14-15-7-8-16(14)9-10-19-12-5-3-2-4-6-12/h2-3,5,7-8H,4,6,9-11H2,1H3. The number of allylic oxidation sites excluding steroid dienone is 4. The van der Waals surface area contributed by atoms with Crippen LogP contribution < -0.4 is 0 Å². The lowest BCUT2D eigenvalue weighted by atomic mass is 10.2. The normalized spacial score (nSPS) is 14.2. The highest BCUT2D eigenvalue weighted by Crippen LogP contribution is 2.25. The molecule has 2 rings (SSSR count). The van der Waals surface area contributed by atoms with E-state index in [4.69, 9.17) is 0 Å². The van der Waals surface area contributed by atoms with E-state index in [9.17, 15) is 4.79 Å². The molecule has 0 N–H and O–H groups in total. The van der Waals surface area contributed by atoms with Gasteiger partial charge >= 0.3 is 5.97 Å². The van der Waals surface area contributed by atoms with Gasteiger partial charge in [-0.15, -0.1) is 11.8 Å². The quantitative estimate of drug-likeness (QED) is 0.572. The SMILES string of the molecule is COC(=O)CSc1nccn1CCSC1=CC=CCC1. The van der Waals surface area contributed by atoms with Crippen LogP contribution >= 0.6 is 23.5 Å². The van der Waals surface area contributed by atoms with Crippen LogP contribution in [-0.2, 0) is 16.1 Å². The first-order chi connectivity index (χ1) is 9.79. The molecule has 0 radical (unpaired) electrons. The van der Waals surface area contributed by atoms with Crippen molar-refractivity contribution < 1.29 is 9.53 Å². The molecule has 0 unspecified atom stereocenters. The predicted octanol–water partition coefficient (Wildman–Crippen LogP) is 3.12. The highest BCUT2D eigenvalue weighted by atomic mass is 32.2. The van der Waals surface area contributed by atoms with Gasteiger partial charge in [0.05, 0.1) is 12.9 Å². The third kappa shape index (κ3) is 4.76. The average Bonchev–Trinajstić information content (AvgIpc) is 2.93. The van der Waals surface area contributed by atoms with Gasteiger partial charge in [-0.1, -0.05) is 30.0 Å². The second-order valence-corrected chi connectivity index (χ2v) is 6.38. The van der Waals surface area contributed by atoms with Gasteiger partial charge in [-0.05, 0) is 17.7 Å². The van der Waals surface area contributed by atoms with Crippen molar-refractivity contribution in [3.05, 3.63) is 35.5 Å². The maximum atomic E-state index is 11.1. The molecule has 1 aromatic heterocycles. The van der Waals surface area contributed by atoms with Crippen molar-refractivity contribution >= 4 is 29.5 Å². The maximum absolute atomic E-state index is 11.1. The fourth-order valence-corrected chi connectivity index (χ4v) is 3.57. The second kappa shape index (κ2) is 8.21. The summed E-state index contributed by atoms with van der Waals surface area (Å²) in [6.45, 7) is 0.898. The summed E-state index contributed by atoms with van der Waals surface area (Å²) < 4.78 is 6.72. The number of hydrogen-bond acceptors (Lipinski definition) is 5. The number of aryl methyl sites for hydroxylation is 1. The van der Waals surface area contributed by atoms with Crippen LogP contribution in [-0.4, -0.2) is 34.1 Å². The van der Waals surface area contributed by atoms with Crippen molar-refractivity contribution in [2.75, 3.05) is 18.6 Å². The lowest BCUT2D eigenvalue weighted by Gasteiger charge is -2.10. The first-order valence-corrected chi connectivity index (χ1v) is 8.46. The van der Waals surface area contributed by atoms with Gasteiger partial charge in [0.2, 0.25) is 0 Å². The predicted molar refractivity (Wildman–Crippen MR) is 83.9 cm³/mol. The van der Waals surface area contributed by atoms with Crippen LogP contribution in [0.1, 0.15) is 12.8 Å². The zero-order valence-electron chi connectivity index (χ0n) is 11.4. The molecule has 0 spiro atoms. The molecule has 0 aromatic carbocycles. The number of aromatic nitrogens is 2.